The van der Waals surface area contributed by atoms with Crippen LogP contribution in [-0.2, 0) is 0 Å². The van der Waals surface area contributed by atoms with Gasteiger partial charge in [-0.2, -0.15) is 0 Å². The quantitative estimate of drug-likeness (QED) is 0.539. The maximum Gasteiger partial charge on any atom is 0.255 e. The molecule has 0 radical (unpaired) electrons. The van der Waals surface area contributed by atoms with E-state index in [1.807, 2.05) is 54.6 Å². The Morgan fingerprint density at radius 3 is 2.19 bits per heavy atom. The highest BCUT2D eigenvalue weighted by Gasteiger charge is 2.09. The van der Waals surface area contributed by atoms with Crippen LogP contribution in [0.15, 0.2) is 85.1 Å². The topological polar surface area (TPSA) is 42.0 Å². The summed E-state index contributed by atoms with van der Waals surface area (Å²) in [4.78, 5) is 17.0. The lowest BCUT2D eigenvalue weighted by Crippen LogP contribution is -2.12. The van der Waals surface area contributed by atoms with Crippen molar-refractivity contribution in [2.75, 3.05) is 5.32 Å². The summed E-state index contributed by atoms with van der Waals surface area (Å²) >= 11 is 0. The summed E-state index contributed by atoms with van der Waals surface area (Å²) in [5.74, 6) is -0.140. The van der Waals surface area contributed by atoms with Crippen molar-refractivity contribution in [3.05, 3.63) is 96.2 Å². The Balaban J connectivity index is 1.57. The smallest absolute Gasteiger partial charge is 0.255 e. The largest absolute Gasteiger partial charge is 0.320 e. The van der Waals surface area contributed by atoms with Gasteiger partial charge in [-0.05, 0) is 42.3 Å². The summed E-state index contributed by atoms with van der Waals surface area (Å²) in [6.07, 6.45) is 1.73. The molecule has 0 spiro atoms. The van der Waals surface area contributed by atoms with Crippen molar-refractivity contribution in [1.82, 2.24) is 4.98 Å². The lowest BCUT2D eigenvalue weighted by atomic mass is 10.0. The highest BCUT2D eigenvalue weighted by atomic mass is 16.1. The van der Waals surface area contributed by atoms with Crippen molar-refractivity contribution in [3.63, 3.8) is 0 Å². The second kappa shape index (κ2) is 6.81. The van der Waals surface area contributed by atoms with Crippen LogP contribution in [0.25, 0.3) is 22.0 Å². The third-order valence-corrected chi connectivity index (χ3v) is 4.41. The summed E-state index contributed by atoms with van der Waals surface area (Å²) in [5.41, 5.74) is 5.59. The van der Waals surface area contributed by atoms with E-state index in [0.717, 1.165) is 27.7 Å². The molecule has 0 saturated heterocycles. The molecule has 1 heterocycles. The minimum atomic E-state index is -0.140. The van der Waals surface area contributed by atoms with E-state index < -0.39 is 0 Å². The Morgan fingerprint density at radius 2 is 1.46 bits per heavy atom. The Morgan fingerprint density at radius 1 is 0.808 bits per heavy atom. The van der Waals surface area contributed by atoms with E-state index >= 15 is 0 Å². The number of hydrogen-bond donors (Lipinski definition) is 1. The van der Waals surface area contributed by atoms with Gasteiger partial charge in [0.1, 0.15) is 0 Å². The number of anilines is 1. The summed E-state index contributed by atoms with van der Waals surface area (Å²) in [5, 5.41) is 3.97. The maximum atomic E-state index is 12.6. The average molecular weight is 338 g/mol. The van der Waals surface area contributed by atoms with E-state index in [9.17, 15) is 4.79 Å². The van der Waals surface area contributed by atoms with Gasteiger partial charge in [0.15, 0.2) is 0 Å². The molecule has 1 amide bonds. The summed E-state index contributed by atoms with van der Waals surface area (Å²) in [6, 6.07) is 25.6. The first-order valence-electron chi connectivity index (χ1n) is 8.53. The van der Waals surface area contributed by atoms with E-state index in [4.69, 9.17) is 0 Å². The predicted molar refractivity (Wildman–Crippen MR) is 106 cm³/mol. The molecular formula is C23H18N2O. The first-order valence-corrected chi connectivity index (χ1v) is 8.53. The second-order valence-electron chi connectivity index (χ2n) is 6.28. The van der Waals surface area contributed by atoms with E-state index in [2.05, 4.69) is 41.5 Å². The number of carbonyl (C=O) groups excluding carboxylic acids is 1. The zero-order valence-electron chi connectivity index (χ0n) is 14.4. The van der Waals surface area contributed by atoms with Crippen molar-refractivity contribution in [2.45, 2.75) is 6.92 Å². The third kappa shape index (κ3) is 3.20. The fraction of sp³-hybridized carbons (Fsp3) is 0.0435. The number of nitrogens with one attached hydrogen (secondary N) is 1. The van der Waals surface area contributed by atoms with Gasteiger partial charge in [-0.25, -0.2) is 0 Å². The zero-order chi connectivity index (χ0) is 17.9. The number of para-hydroxylation sites is 1. The minimum Gasteiger partial charge on any atom is -0.320 e. The van der Waals surface area contributed by atoms with E-state index in [1.165, 1.54) is 5.56 Å². The molecule has 0 aliphatic carbocycles. The maximum absolute atomic E-state index is 12.6. The van der Waals surface area contributed by atoms with Crippen LogP contribution in [0.4, 0.5) is 5.69 Å². The zero-order valence-corrected chi connectivity index (χ0v) is 14.4. The van der Waals surface area contributed by atoms with Gasteiger partial charge in [0.25, 0.3) is 5.91 Å². The molecule has 1 aromatic heterocycles. The van der Waals surface area contributed by atoms with Crippen molar-refractivity contribution >= 4 is 22.5 Å². The molecule has 4 aromatic rings. The SMILES string of the molecule is Cc1ccc(-c2ccc(C(=O)Nc3cccc4cccnc34)cc2)cc1. The molecule has 3 heteroatoms. The Hall–Kier alpha value is -3.46. The number of rotatable bonds is 3. The Kier molecular flexibility index (Phi) is 4.20. The van der Waals surface area contributed by atoms with Crippen LogP contribution in [0, 0.1) is 6.92 Å². The molecule has 0 fully saturated rings. The van der Waals surface area contributed by atoms with E-state index in [-0.39, 0.29) is 5.91 Å². The van der Waals surface area contributed by atoms with Gasteiger partial charge in [-0.15, -0.1) is 0 Å². The number of hydrogen-bond acceptors (Lipinski definition) is 2. The van der Waals surface area contributed by atoms with Crippen molar-refractivity contribution in [1.29, 1.82) is 0 Å². The van der Waals surface area contributed by atoms with Gasteiger partial charge < -0.3 is 5.32 Å². The molecule has 0 atom stereocenters. The van der Waals surface area contributed by atoms with Gasteiger partial charge in [0.05, 0.1) is 11.2 Å². The van der Waals surface area contributed by atoms with E-state index in [1.54, 1.807) is 6.20 Å². The van der Waals surface area contributed by atoms with Gasteiger partial charge in [0.2, 0.25) is 0 Å². The lowest BCUT2D eigenvalue weighted by Gasteiger charge is -2.09. The normalized spacial score (nSPS) is 10.7. The van der Waals surface area contributed by atoms with Crippen LogP contribution in [0.2, 0.25) is 0 Å². The number of nitrogens with zero attached hydrogens (tertiary/aromatic N) is 1. The van der Waals surface area contributed by atoms with Crippen LogP contribution in [0.1, 0.15) is 15.9 Å². The lowest BCUT2D eigenvalue weighted by molar-refractivity contribution is 0.102. The molecule has 26 heavy (non-hydrogen) atoms. The summed E-state index contributed by atoms with van der Waals surface area (Å²) < 4.78 is 0. The molecular weight excluding hydrogens is 320 g/mol. The van der Waals surface area contributed by atoms with Crippen LogP contribution in [-0.4, -0.2) is 10.9 Å². The van der Waals surface area contributed by atoms with Crippen molar-refractivity contribution < 1.29 is 4.79 Å². The number of benzene rings is 3. The molecule has 3 nitrogen and oxygen atoms in total. The van der Waals surface area contributed by atoms with Gasteiger partial charge in [0, 0.05) is 17.1 Å². The fourth-order valence-electron chi connectivity index (χ4n) is 2.96. The molecule has 4 rings (SSSR count). The fourth-order valence-corrected chi connectivity index (χ4v) is 2.96. The molecule has 1 N–H and O–H groups in total. The van der Waals surface area contributed by atoms with Crippen molar-refractivity contribution in [3.8, 4) is 11.1 Å². The number of aromatic nitrogens is 1. The molecule has 0 bridgehead atoms. The average Bonchev–Trinajstić information content (AvgIpc) is 2.69. The molecule has 3 aromatic carbocycles. The number of carbonyl (C=O) groups is 1. The van der Waals surface area contributed by atoms with Gasteiger partial charge >= 0.3 is 0 Å². The third-order valence-electron chi connectivity index (χ3n) is 4.41. The monoisotopic (exact) mass is 338 g/mol. The van der Waals surface area contributed by atoms with Crippen LogP contribution >= 0.6 is 0 Å². The summed E-state index contributed by atoms with van der Waals surface area (Å²) in [7, 11) is 0. The van der Waals surface area contributed by atoms with Crippen LogP contribution in [0.3, 0.4) is 0 Å². The van der Waals surface area contributed by atoms with Crippen LogP contribution in [0.5, 0.6) is 0 Å². The first-order chi connectivity index (χ1) is 12.7. The number of aryl methyl sites for hydroxylation is 1. The summed E-state index contributed by atoms with van der Waals surface area (Å²) in [6.45, 7) is 2.07. The van der Waals surface area contributed by atoms with E-state index in [0.29, 0.717) is 5.56 Å². The minimum absolute atomic E-state index is 0.140. The van der Waals surface area contributed by atoms with Crippen LogP contribution < -0.4 is 5.32 Å². The highest BCUT2D eigenvalue weighted by molar-refractivity contribution is 6.08. The van der Waals surface area contributed by atoms with Gasteiger partial charge in [-0.3, -0.25) is 9.78 Å². The second-order valence-corrected chi connectivity index (χ2v) is 6.28. The number of pyridine rings is 1. The molecule has 0 unspecified atom stereocenters. The molecule has 126 valence electrons. The van der Waals surface area contributed by atoms with Crippen molar-refractivity contribution in [2.24, 2.45) is 0 Å². The Labute approximate surface area is 152 Å². The Bertz CT molecular complexity index is 1060. The number of amides is 1. The highest BCUT2D eigenvalue weighted by Crippen LogP contribution is 2.23. The molecule has 0 saturated carbocycles. The number of fused-ring (bicyclic) bond motifs is 1. The standard InChI is InChI=1S/C23H18N2O/c1-16-7-9-17(10-8-16)18-11-13-20(14-12-18)23(26)25-21-6-2-4-19-5-3-15-24-22(19)21/h2-15H,1H3,(H,25,26). The first kappa shape index (κ1) is 16.0. The molecule has 0 aliphatic rings. The molecule has 0 aliphatic heterocycles. The van der Waals surface area contributed by atoms with Gasteiger partial charge in [-0.1, -0.05) is 60.2 Å². The predicted octanol–water partition coefficient (Wildman–Crippen LogP) is 5.46.